The van der Waals surface area contributed by atoms with E-state index in [1.54, 1.807) is 17.0 Å². The molecule has 168 valence electrons. The van der Waals surface area contributed by atoms with Gasteiger partial charge in [-0.25, -0.2) is 4.90 Å². The summed E-state index contributed by atoms with van der Waals surface area (Å²) < 4.78 is 0. The lowest BCUT2D eigenvalue weighted by molar-refractivity contribution is -0.140. The maximum absolute atomic E-state index is 13.4. The van der Waals surface area contributed by atoms with Gasteiger partial charge in [-0.05, 0) is 54.2 Å². The molecular weight excluding hydrogens is 424 g/mol. The molecule has 2 aromatic carbocycles. The SMILES string of the molecule is CC(C)c1ccc(N2C(=O)CC(N(C(=O)Cc3ccc(Cl)cc3)C3CCCC3)C2=O)cc1. The highest BCUT2D eigenvalue weighted by molar-refractivity contribution is 6.30. The number of benzene rings is 2. The average molecular weight is 453 g/mol. The van der Waals surface area contributed by atoms with E-state index in [4.69, 9.17) is 11.6 Å². The van der Waals surface area contributed by atoms with Gasteiger partial charge in [-0.3, -0.25) is 14.4 Å². The lowest BCUT2D eigenvalue weighted by Crippen LogP contribution is -2.50. The number of rotatable bonds is 6. The van der Waals surface area contributed by atoms with E-state index in [0.717, 1.165) is 36.8 Å². The predicted molar refractivity (Wildman–Crippen MR) is 126 cm³/mol. The zero-order valence-corrected chi connectivity index (χ0v) is 19.3. The Hall–Kier alpha value is -2.66. The molecule has 0 aromatic heterocycles. The summed E-state index contributed by atoms with van der Waals surface area (Å²) in [4.78, 5) is 42.7. The normalized spacial score (nSPS) is 19.2. The number of nitrogens with zero attached hydrogens (tertiary/aromatic N) is 2. The van der Waals surface area contributed by atoms with Crippen molar-refractivity contribution in [1.82, 2.24) is 4.90 Å². The van der Waals surface area contributed by atoms with Crippen LogP contribution in [0.1, 0.15) is 63.0 Å². The largest absolute Gasteiger partial charge is 0.327 e. The van der Waals surface area contributed by atoms with Crippen molar-refractivity contribution in [2.24, 2.45) is 0 Å². The fourth-order valence-electron chi connectivity index (χ4n) is 4.80. The number of anilines is 1. The Morgan fingerprint density at radius 3 is 2.25 bits per heavy atom. The van der Waals surface area contributed by atoms with Crippen LogP contribution in [0.15, 0.2) is 48.5 Å². The molecule has 3 amide bonds. The van der Waals surface area contributed by atoms with Crippen molar-refractivity contribution in [3.05, 3.63) is 64.7 Å². The van der Waals surface area contributed by atoms with E-state index in [0.29, 0.717) is 16.6 Å². The van der Waals surface area contributed by atoms with Crippen LogP contribution >= 0.6 is 11.6 Å². The Balaban J connectivity index is 1.58. The van der Waals surface area contributed by atoms with Gasteiger partial charge in [0.05, 0.1) is 18.5 Å². The van der Waals surface area contributed by atoms with Crippen LogP contribution in [0, 0.1) is 0 Å². The van der Waals surface area contributed by atoms with Crippen LogP contribution in [-0.2, 0) is 20.8 Å². The molecule has 6 heteroatoms. The van der Waals surface area contributed by atoms with Gasteiger partial charge in [0.25, 0.3) is 5.91 Å². The minimum Gasteiger partial charge on any atom is -0.327 e. The van der Waals surface area contributed by atoms with Gasteiger partial charge in [0.15, 0.2) is 0 Å². The van der Waals surface area contributed by atoms with Gasteiger partial charge in [0, 0.05) is 11.1 Å². The van der Waals surface area contributed by atoms with Crippen LogP contribution in [0.25, 0.3) is 0 Å². The first kappa shape index (κ1) is 22.5. The molecule has 0 spiro atoms. The molecule has 1 atom stereocenters. The lowest BCUT2D eigenvalue weighted by atomic mass is 10.0. The van der Waals surface area contributed by atoms with Gasteiger partial charge < -0.3 is 4.90 Å². The topological polar surface area (TPSA) is 57.7 Å². The van der Waals surface area contributed by atoms with E-state index in [1.165, 1.54) is 4.90 Å². The Bertz CT molecular complexity index is 995. The molecule has 0 N–H and O–H groups in total. The smallest absolute Gasteiger partial charge is 0.257 e. The van der Waals surface area contributed by atoms with Crippen LogP contribution in [0.2, 0.25) is 5.02 Å². The molecule has 0 radical (unpaired) electrons. The molecule has 5 nitrogen and oxygen atoms in total. The first-order valence-corrected chi connectivity index (χ1v) is 11.8. The zero-order chi connectivity index (χ0) is 22.8. The van der Waals surface area contributed by atoms with Crippen LogP contribution in [0.4, 0.5) is 5.69 Å². The summed E-state index contributed by atoms with van der Waals surface area (Å²) in [6, 6.07) is 14.0. The van der Waals surface area contributed by atoms with Crippen molar-refractivity contribution in [1.29, 1.82) is 0 Å². The molecule has 1 heterocycles. The minimum absolute atomic E-state index is 0.000169. The third kappa shape index (κ3) is 4.58. The molecule has 2 aromatic rings. The highest BCUT2D eigenvalue weighted by Gasteiger charge is 2.46. The highest BCUT2D eigenvalue weighted by atomic mass is 35.5. The van der Waals surface area contributed by atoms with Crippen LogP contribution < -0.4 is 4.90 Å². The van der Waals surface area contributed by atoms with Gasteiger partial charge >= 0.3 is 0 Å². The van der Waals surface area contributed by atoms with Crippen LogP contribution in [0.3, 0.4) is 0 Å². The first-order valence-electron chi connectivity index (χ1n) is 11.4. The highest BCUT2D eigenvalue weighted by Crippen LogP contribution is 2.32. The fraction of sp³-hybridized carbons (Fsp3) is 0.423. The van der Waals surface area contributed by atoms with Gasteiger partial charge in [0.2, 0.25) is 11.8 Å². The van der Waals surface area contributed by atoms with Gasteiger partial charge in [-0.2, -0.15) is 0 Å². The second kappa shape index (κ2) is 9.45. The van der Waals surface area contributed by atoms with Crippen molar-refractivity contribution < 1.29 is 14.4 Å². The predicted octanol–water partition coefficient (Wildman–Crippen LogP) is 5.11. The summed E-state index contributed by atoms with van der Waals surface area (Å²) in [5.41, 5.74) is 2.57. The molecular formula is C26H29ClN2O3. The third-order valence-electron chi connectivity index (χ3n) is 6.55. The van der Waals surface area contributed by atoms with Crippen molar-refractivity contribution in [2.45, 2.75) is 70.4 Å². The summed E-state index contributed by atoms with van der Waals surface area (Å²) in [6.07, 6.45) is 4.03. The second-order valence-electron chi connectivity index (χ2n) is 9.08. The maximum atomic E-state index is 13.4. The van der Waals surface area contributed by atoms with E-state index < -0.39 is 6.04 Å². The van der Waals surface area contributed by atoms with Crippen molar-refractivity contribution in [3.63, 3.8) is 0 Å². The molecule has 2 fully saturated rings. The van der Waals surface area contributed by atoms with Crippen LogP contribution in [0.5, 0.6) is 0 Å². The zero-order valence-electron chi connectivity index (χ0n) is 18.6. The van der Waals surface area contributed by atoms with Crippen molar-refractivity contribution in [2.75, 3.05) is 4.90 Å². The molecule has 0 bridgehead atoms. The molecule has 4 rings (SSSR count). The van der Waals surface area contributed by atoms with Crippen molar-refractivity contribution >= 4 is 35.0 Å². The molecule has 1 aliphatic heterocycles. The monoisotopic (exact) mass is 452 g/mol. The standard InChI is InChI=1S/C26H29ClN2O3/c1-17(2)19-9-13-22(14-10-19)29-25(31)16-23(26(29)32)28(21-5-3-4-6-21)24(30)15-18-7-11-20(27)12-8-18/h7-14,17,21,23H,3-6,15-16H2,1-2H3. The molecule has 1 saturated heterocycles. The molecule has 2 aliphatic rings. The van der Waals surface area contributed by atoms with Crippen molar-refractivity contribution in [3.8, 4) is 0 Å². The van der Waals surface area contributed by atoms with E-state index >= 15 is 0 Å². The van der Waals surface area contributed by atoms with E-state index in [9.17, 15) is 14.4 Å². The Kier molecular flexibility index (Phi) is 6.66. The number of halogens is 1. The summed E-state index contributed by atoms with van der Waals surface area (Å²) in [7, 11) is 0. The lowest BCUT2D eigenvalue weighted by Gasteiger charge is -2.33. The Labute approximate surface area is 194 Å². The molecule has 1 unspecified atom stereocenters. The quantitative estimate of drug-likeness (QED) is 0.572. The second-order valence-corrected chi connectivity index (χ2v) is 9.51. The average Bonchev–Trinajstić information content (AvgIpc) is 3.39. The minimum atomic E-state index is -0.741. The van der Waals surface area contributed by atoms with Gasteiger partial charge in [-0.1, -0.05) is 62.6 Å². The van der Waals surface area contributed by atoms with E-state index in [-0.39, 0.29) is 36.6 Å². The number of carbonyl (C=O) groups is 3. The number of hydrogen-bond donors (Lipinski definition) is 0. The van der Waals surface area contributed by atoms with Gasteiger partial charge in [0.1, 0.15) is 6.04 Å². The third-order valence-corrected chi connectivity index (χ3v) is 6.80. The maximum Gasteiger partial charge on any atom is 0.257 e. The van der Waals surface area contributed by atoms with E-state index in [2.05, 4.69) is 13.8 Å². The molecule has 1 aliphatic carbocycles. The summed E-state index contributed by atoms with van der Waals surface area (Å²) in [5, 5.41) is 0.615. The first-order chi connectivity index (χ1) is 15.3. The fourth-order valence-corrected chi connectivity index (χ4v) is 4.92. The van der Waals surface area contributed by atoms with E-state index in [1.807, 2.05) is 36.4 Å². The number of imide groups is 1. The summed E-state index contributed by atoms with van der Waals surface area (Å²) >= 11 is 5.97. The summed E-state index contributed by atoms with van der Waals surface area (Å²) in [6.45, 7) is 4.20. The Morgan fingerprint density at radius 1 is 1.03 bits per heavy atom. The summed E-state index contributed by atoms with van der Waals surface area (Å²) in [5.74, 6) is -0.296. The number of amides is 3. The molecule has 1 saturated carbocycles. The molecule has 32 heavy (non-hydrogen) atoms. The number of hydrogen-bond acceptors (Lipinski definition) is 3. The Morgan fingerprint density at radius 2 is 1.66 bits per heavy atom. The van der Waals surface area contributed by atoms with Gasteiger partial charge in [-0.15, -0.1) is 0 Å². The number of carbonyl (C=O) groups excluding carboxylic acids is 3. The van der Waals surface area contributed by atoms with Crippen LogP contribution in [-0.4, -0.2) is 34.7 Å².